The van der Waals surface area contributed by atoms with E-state index in [9.17, 15) is 4.79 Å². The Morgan fingerprint density at radius 3 is 2.43 bits per heavy atom. The predicted octanol–water partition coefficient (Wildman–Crippen LogP) is 2.66. The lowest BCUT2D eigenvalue weighted by molar-refractivity contribution is -0.121. The van der Waals surface area contributed by atoms with Gasteiger partial charge in [0, 0.05) is 11.8 Å². The monoisotopic (exact) mass is 281 g/mol. The number of amides is 1. The van der Waals surface area contributed by atoms with Crippen LogP contribution < -0.4 is 5.32 Å². The van der Waals surface area contributed by atoms with Crippen LogP contribution in [-0.2, 0) is 4.79 Å². The van der Waals surface area contributed by atoms with Crippen molar-refractivity contribution >= 4 is 33.6 Å². The van der Waals surface area contributed by atoms with E-state index in [0.29, 0.717) is 5.92 Å². The van der Waals surface area contributed by atoms with Crippen LogP contribution in [0, 0.1) is 5.92 Å². The van der Waals surface area contributed by atoms with Crippen LogP contribution in [0.1, 0.15) is 27.7 Å². The normalized spacial score (nSPS) is 15.3. The third kappa shape index (κ3) is 5.91. The summed E-state index contributed by atoms with van der Waals surface area (Å²) in [5, 5.41) is 2.99. The van der Waals surface area contributed by atoms with Crippen LogP contribution in [0.4, 0.5) is 0 Å². The van der Waals surface area contributed by atoms with Crippen LogP contribution in [0.25, 0.3) is 0 Å². The van der Waals surface area contributed by atoms with E-state index >= 15 is 0 Å². The van der Waals surface area contributed by atoms with Gasteiger partial charge < -0.3 is 5.32 Å². The van der Waals surface area contributed by atoms with Crippen molar-refractivity contribution in [2.75, 3.05) is 11.5 Å². The SMILES string of the molecule is CCSCC(C)NC(=O)C(Br)C(C)C. The second-order valence-corrected chi connectivity index (χ2v) is 6.02. The van der Waals surface area contributed by atoms with Gasteiger partial charge >= 0.3 is 0 Å². The van der Waals surface area contributed by atoms with E-state index in [-0.39, 0.29) is 16.8 Å². The van der Waals surface area contributed by atoms with E-state index < -0.39 is 0 Å². The molecule has 0 fully saturated rings. The first-order chi connectivity index (χ1) is 6.49. The maximum absolute atomic E-state index is 11.6. The molecule has 0 rings (SSSR count). The summed E-state index contributed by atoms with van der Waals surface area (Å²) in [5.41, 5.74) is 0. The third-order valence-electron chi connectivity index (χ3n) is 1.80. The van der Waals surface area contributed by atoms with E-state index in [1.807, 2.05) is 32.5 Å². The number of thioether (sulfide) groups is 1. The molecule has 2 atom stereocenters. The Hall–Kier alpha value is 0.300. The first kappa shape index (κ1) is 14.3. The molecule has 2 nitrogen and oxygen atoms in total. The quantitative estimate of drug-likeness (QED) is 0.759. The summed E-state index contributed by atoms with van der Waals surface area (Å²) in [5.74, 6) is 2.52. The van der Waals surface area contributed by atoms with Crippen molar-refractivity contribution in [2.45, 2.75) is 38.6 Å². The van der Waals surface area contributed by atoms with Gasteiger partial charge in [-0.15, -0.1) is 0 Å². The van der Waals surface area contributed by atoms with E-state index in [4.69, 9.17) is 0 Å². The van der Waals surface area contributed by atoms with Gasteiger partial charge in [0.25, 0.3) is 0 Å². The molecule has 0 saturated carbocycles. The van der Waals surface area contributed by atoms with Crippen molar-refractivity contribution in [3.05, 3.63) is 0 Å². The largest absolute Gasteiger partial charge is 0.352 e. The number of hydrogen-bond acceptors (Lipinski definition) is 2. The second-order valence-electron chi connectivity index (χ2n) is 3.71. The molecule has 0 aliphatic heterocycles. The molecule has 0 aromatic heterocycles. The Kier molecular flexibility index (Phi) is 7.74. The summed E-state index contributed by atoms with van der Waals surface area (Å²) in [6, 6.07) is 0.256. The van der Waals surface area contributed by atoms with Gasteiger partial charge in [-0.2, -0.15) is 11.8 Å². The molecule has 0 aromatic rings. The topological polar surface area (TPSA) is 29.1 Å². The van der Waals surface area contributed by atoms with Gasteiger partial charge in [-0.1, -0.05) is 36.7 Å². The molecule has 84 valence electrons. The highest BCUT2D eigenvalue weighted by molar-refractivity contribution is 9.10. The molecule has 0 spiro atoms. The summed E-state index contributed by atoms with van der Waals surface area (Å²) >= 11 is 5.23. The average Bonchev–Trinajstić information content (AvgIpc) is 2.13. The molecule has 14 heavy (non-hydrogen) atoms. The number of alkyl halides is 1. The molecule has 1 amide bonds. The lowest BCUT2D eigenvalue weighted by atomic mass is 10.1. The molecule has 0 aromatic carbocycles. The van der Waals surface area contributed by atoms with E-state index in [0.717, 1.165) is 11.5 Å². The van der Waals surface area contributed by atoms with Crippen molar-refractivity contribution < 1.29 is 4.79 Å². The van der Waals surface area contributed by atoms with Crippen molar-refractivity contribution in [1.82, 2.24) is 5.32 Å². The van der Waals surface area contributed by atoms with Crippen molar-refractivity contribution in [2.24, 2.45) is 5.92 Å². The van der Waals surface area contributed by atoms with Crippen LogP contribution in [0.5, 0.6) is 0 Å². The van der Waals surface area contributed by atoms with Crippen LogP contribution in [0.3, 0.4) is 0 Å². The lowest BCUT2D eigenvalue weighted by Crippen LogP contribution is -2.40. The number of hydrogen-bond donors (Lipinski definition) is 1. The minimum atomic E-state index is -0.0726. The van der Waals surface area contributed by atoms with Gasteiger partial charge in [-0.05, 0) is 18.6 Å². The fourth-order valence-electron chi connectivity index (χ4n) is 0.962. The molecule has 4 heteroatoms. The summed E-state index contributed by atoms with van der Waals surface area (Å²) < 4.78 is 0. The Balaban J connectivity index is 3.81. The molecule has 0 aliphatic rings. The number of carbonyl (C=O) groups is 1. The number of nitrogens with one attached hydrogen (secondary N) is 1. The molecule has 1 N–H and O–H groups in total. The second kappa shape index (κ2) is 7.57. The number of carbonyl (C=O) groups excluding carboxylic acids is 1. The van der Waals surface area contributed by atoms with Crippen LogP contribution in [0.2, 0.25) is 0 Å². The van der Waals surface area contributed by atoms with Gasteiger partial charge in [0.2, 0.25) is 5.91 Å². The Labute approximate surface area is 99.7 Å². The standard InChI is InChI=1S/C10H20BrNOS/c1-5-14-6-8(4)12-10(13)9(11)7(2)3/h7-9H,5-6H2,1-4H3,(H,12,13). The first-order valence-electron chi connectivity index (χ1n) is 5.01. The van der Waals surface area contributed by atoms with Crippen LogP contribution in [0.15, 0.2) is 0 Å². The highest BCUT2D eigenvalue weighted by atomic mass is 79.9. The summed E-state index contributed by atoms with van der Waals surface area (Å²) in [4.78, 5) is 11.5. The van der Waals surface area contributed by atoms with E-state index in [2.05, 4.69) is 28.2 Å². The zero-order valence-electron chi connectivity index (χ0n) is 9.34. The van der Waals surface area contributed by atoms with Gasteiger partial charge in [-0.25, -0.2) is 0 Å². The maximum Gasteiger partial charge on any atom is 0.234 e. The summed E-state index contributed by atoms with van der Waals surface area (Å²) in [6.07, 6.45) is 0. The Morgan fingerprint density at radius 1 is 1.43 bits per heavy atom. The summed E-state index contributed by atoms with van der Waals surface area (Å²) in [6.45, 7) is 8.23. The minimum absolute atomic E-state index is 0.0726. The Morgan fingerprint density at radius 2 is 2.00 bits per heavy atom. The highest BCUT2D eigenvalue weighted by Gasteiger charge is 2.19. The zero-order chi connectivity index (χ0) is 11.1. The molecular weight excluding hydrogens is 262 g/mol. The molecule has 0 radical (unpaired) electrons. The van der Waals surface area contributed by atoms with Crippen LogP contribution >= 0.6 is 27.7 Å². The highest BCUT2D eigenvalue weighted by Crippen LogP contribution is 2.12. The fraction of sp³-hybridized carbons (Fsp3) is 0.900. The Bertz CT molecular complexity index is 176. The number of rotatable bonds is 6. The average molecular weight is 282 g/mol. The number of halogens is 1. The van der Waals surface area contributed by atoms with Crippen molar-refractivity contribution in [3.8, 4) is 0 Å². The van der Waals surface area contributed by atoms with Gasteiger partial charge in [0.15, 0.2) is 0 Å². The van der Waals surface area contributed by atoms with Crippen molar-refractivity contribution in [3.63, 3.8) is 0 Å². The van der Waals surface area contributed by atoms with Crippen molar-refractivity contribution in [1.29, 1.82) is 0 Å². The molecule has 0 saturated heterocycles. The lowest BCUT2D eigenvalue weighted by Gasteiger charge is -2.18. The van der Waals surface area contributed by atoms with Gasteiger partial charge in [-0.3, -0.25) is 4.79 Å². The van der Waals surface area contributed by atoms with Gasteiger partial charge in [0.1, 0.15) is 0 Å². The minimum Gasteiger partial charge on any atom is -0.352 e. The summed E-state index contributed by atoms with van der Waals surface area (Å²) in [7, 11) is 0. The first-order valence-corrected chi connectivity index (χ1v) is 7.08. The smallest absolute Gasteiger partial charge is 0.234 e. The molecule has 0 aliphatic carbocycles. The van der Waals surface area contributed by atoms with E-state index in [1.165, 1.54) is 0 Å². The zero-order valence-corrected chi connectivity index (χ0v) is 11.7. The van der Waals surface area contributed by atoms with Gasteiger partial charge in [0.05, 0.1) is 4.83 Å². The molecule has 0 bridgehead atoms. The predicted molar refractivity (Wildman–Crippen MR) is 68.2 cm³/mol. The molecule has 0 heterocycles. The fourth-order valence-corrected chi connectivity index (χ4v) is 1.77. The maximum atomic E-state index is 11.6. The van der Waals surface area contributed by atoms with E-state index in [1.54, 1.807) is 0 Å². The van der Waals surface area contributed by atoms with Crippen LogP contribution in [-0.4, -0.2) is 28.3 Å². The molecule has 2 unspecified atom stereocenters. The third-order valence-corrected chi connectivity index (χ3v) is 4.41. The molecular formula is C10H20BrNOS.